The highest BCUT2D eigenvalue weighted by molar-refractivity contribution is 14.0. The van der Waals surface area contributed by atoms with E-state index in [1.807, 2.05) is 37.3 Å². The highest BCUT2D eigenvalue weighted by Crippen LogP contribution is 2.36. The predicted octanol–water partition coefficient (Wildman–Crippen LogP) is 4.57. The number of guanidine groups is 1. The molecule has 2 aromatic rings. The van der Waals surface area contributed by atoms with Crippen LogP contribution >= 0.6 is 35.6 Å². The van der Waals surface area contributed by atoms with Crippen LogP contribution in [-0.4, -0.2) is 40.9 Å². The van der Waals surface area contributed by atoms with E-state index in [-0.39, 0.29) is 24.0 Å². The number of halogens is 2. The Bertz CT molecular complexity index is 834. The second kappa shape index (κ2) is 12.5. The van der Waals surface area contributed by atoms with Crippen LogP contribution < -0.4 is 29.6 Å². The lowest BCUT2D eigenvalue weighted by atomic mass is 10.2. The summed E-state index contributed by atoms with van der Waals surface area (Å²) in [5.74, 6) is 3.02. The van der Waals surface area contributed by atoms with Gasteiger partial charge < -0.3 is 29.6 Å². The topological polar surface area (TPSA) is 73.3 Å². The minimum atomic E-state index is 0. The molecule has 0 aliphatic rings. The second-order valence-electron chi connectivity index (χ2n) is 5.66. The molecule has 0 aliphatic carbocycles. The predicted molar refractivity (Wildman–Crippen MR) is 128 cm³/mol. The molecule has 0 aromatic heterocycles. The Kier molecular flexibility index (Phi) is 10.7. The minimum Gasteiger partial charge on any atom is -0.493 e. The van der Waals surface area contributed by atoms with E-state index in [4.69, 9.17) is 30.5 Å². The van der Waals surface area contributed by atoms with Gasteiger partial charge in [-0.15, -0.1) is 24.0 Å². The van der Waals surface area contributed by atoms with Gasteiger partial charge in [-0.25, -0.2) is 0 Å². The van der Waals surface area contributed by atoms with Crippen LogP contribution in [0.25, 0.3) is 0 Å². The zero-order chi connectivity index (χ0) is 20.5. The van der Waals surface area contributed by atoms with Gasteiger partial charge in [-0.1, -0.05) is 11.6 Å². The molecular formula is C20H27ClIN3O4. The van der Waals surface area contributed by atoms with Crippen molar-refractivity contribution in [3.05, 3.63) is 40.9 Å². The number of nitrogens with zero attached hydrogens (tertiary/aromatic N) is 1. The summed E-state index contributed by atoms with van der Waals surface area (Å²) in [6.07, 6.45) is 0. The van der Waals surface area contributed by atoms with Crippen molar-refractivity contribution in [1.29, 1.82) is 0 Å². The zero-order valence-electron chi connectivity index (χ0n) is 17.2. The number of nitrogens with one attached hydrogen (secondary N) is 2. The van der Waals surface area contributed by atoms with Crippen molar-refractivity contribution in [3.8, 4) is 23.0 Å². The Morgan fingerprint density at radius 2 is 1.69 bits per heavy atom. The highest BCUT2D eigenvalue weighted by atomic mass is 127. The zero-order valence-corrected chi connectivity index (χ0v) is 20.3. The van der Waals surface area contributed by atoms with Crippen LogP contribution in [0.1, 0.15) is 12.5 Å². The molecule has 0 saturated heterocycles. The van der Waals surface area contributed by atoms with Gasteiger partial charge >= 0.3 is 0 Å². The van der Waals surface area contributed by atoms with Gasteiger partial charge in [-0.05, 0) is 36.8 Å². The molecule has 0 amide bonds. The third-order valence-electron chi connectivity index (χ3n) is 3.91. The van der Waals surface area contributed by atoms with Gasteiger partial charge in [0.1, 0.15) is 0 Å². The molecule has 0 spiro atoms. The number of methoxy groups -OCH3 is 3. The lowest BCUT2D eigenvalue weighted by molar-refractivity contribution is 0.311. The molecule has 2 aromatic carbocycles. The molecule has 0 radical (unpaired) electrons. The smallest absolute Gasteiger partial charge is 0.195 e. The Morgan fingerprint density at radius 1 is 1.00 bits per heavy atom. The normalized spacial score (nSPS) is 10.6. The standard InChI is InChI=1S/C20H26ClN3O4.HI/c1-6-28-19-15(21)9-13(10-18(19)27-5)12-23-20(22-2)24-14-7-8-16(25-3)17(11-14)26-4;/h7-11H,6,12H2,1-5H3,(H2,22,23,24);1H. The molecule has 0 aliphatic heterocycles. The van der Waals surface area contributed by atoms with Crippen molar-refractivity contribution in [3.63, 3.8) is 0 Å². The Balaban J connectivity index is 0.00000420. The van der Waals surface area contributed by atoms with Crippen LogP contribution in [0.4, 0.5) is 5.69 Å². The van der Waals surface area contributed by atoms with Gasteiger partial charge in [0.25, 0.3) is 0 Å². The van der Waals surface area contributed by atoms with Gasteiger partial charge in [-0.3, -0.25) is 4.99 Å². The first kappa shape index (κ1) is 25.0. The lowest BCUT2D eigenvalue weighted by Crippen LogP contribution is -2.30. The maximum absolute atomic E-state index is 6.33. The highest BCUT2D eigenvalue weighted by Gasteiger charge is 2.12. The summed E-state index contributed by atoms with van der Waals surface area (Å²) >= 11 is 6.33. The van der Waals surface area contributed by atoms with E-state index < -0.39 is 0 Å². The summed E-state index contributed by atoms with van der Waals surface area (Å²) in [7, 11) is 6.48. The van der Waals surface area contributed by atoms with Crippen molar-refractivity contribution in [2.45, 2.75) is 13.5 Å². The Morgan fingerprint density at radius 3 is 2.28 bits per heavy atom. The quantitative estimate of drug-likeness (QED) is 0.293. The first-order valence-corrected chi connectivity index (χ1v) is 9.12. The Hall–Kier alpha value is -2.07. The molecular weight excluding hydrogens is 509 g/mol. The first-order chi connectivity index (χ1) is 13.6. The molecule has 0 bridgehead atoms. The molecule has 9 heteroatoms. The van der Waals surface area contributed by atoms with E-state index in [0.717, 1.165) is 11.3 Å². The number of aliphatic imine (C=N–C) groups is 1. The number of ether oxygens (including phenoxy) is 4. The summed E-state index contributed by atoms with van der Waals surface area (Å²) < 4.78 is 21.5. The van der Waals surface area contributed by atoms with Gasteiger partial charge in [0.05, 0.1) is 33.0 Å². The van der Waals surface area contributed by atoms with Crippen LogP contribution in [-0.2, 0) is 6.54 Å². The van der Waals surface area contributed by atoms with Crippen molar-refractivity contribution < 1.29 is 18.9 Å². The second-order valence-corrected chi connectivity index (χ2v) is 6.07. The monoisotopic (exact) mass is 535 g/mol. The summed E-state index contributed by atoms with van der Waals surface area (Å²) in [6, 6.07) is 9.26. The molecule has 29 heavy (non-hydrogen) atoms. The molecule has 0 saturated carbocycles. The summed E-state index contributed by atoms with van der Waals surface area (Å²) in [5.41, 5.74) is 1.74. The fourth-order valence-corrected chi connectivity index (χ4v) is 2.86. The van der Waals surface area contributed by atoms with Crippen molar-refractivity contribution >= 4 is 47.2 Å². The molecule has 0 fully saturated rings. The summed E-state index contributed by atoms with van der Waals surface area (Å²) in [5, 5.41) is 6.96. The number of rotatable bonds is 8. The van der Waals surface area contributed by atoms with Gasteiger partial charge in [0, 0.05) is 25.3 Å². The fourth-order valence-electron chi connectivity index (χ4n) is 2.58. The molecule has 160 valence electrons. The SMILES string of the molecule is CCOc1c(Cl)cc(CNC(=NC)Nc2ccc(OC)c(OC)c2)cc1OC.I. The largest absolute Gasteiger partial charge is 0.493 e. The minimum absolute atomic E-state index is 0. The maximum Gasteiger partial charge on any atom is 0.195 e. The van der Waals surface area contributed by atoms with Gasteiger partial charge in [-0.2, -0.15) is 0 Å². The van der Waals surface area contributed by atoms with Crippen LogP contribution in [0.2, 0.25) is 5.02 Å². The van der Waals surface area contributed by atoms with Gasteiger partial charge in [0.2, 0.25) is 0 Å². The van der Waals surface area contributed by atoms with E-state index in [0.29, 0.717) is 47.1 Å². The number of benzene rings is 2. The van der Waals surface area contributed by atoms with E-state index in [2.05, 4.69) is 15.6 Å². The molecule has 0 heterocycles. The van der Waals surface area contributed by atoms with Crippen LogP contribution in [0, 0.1) is 0 Å². The average molecular weight is 536 g/mol. The van der Waals surface area contributed by atoms with Crippen LogP contribution in [0.5, 0.6) is 23.0 Å². The van der Waals surface area contributed by atoms with Crippen molar-refractivity contribution in [1.82, 2.24) is 5.32 Å². The summed E-state index contributed by atoms with van der Waals surface area (Å²) in [4.78, 5) is 4.24. The Labute approximate surface area is 193 Å². The summed E-state index contributed by atoms with van der Waals surface area (Å²) in [6.45, 7) is 2.90. The maximum atomic E-state index is 6.33. The van der Waals surface area contributed by atoms with E-state index in [1.54, 1.807) is 28.4 Å². The lowest BCUT2D eigenvalue weighted by Gasteiger charge is -2.16. The average Bonchev–Trinajstić information content (AvgIpc) is 2.72. The first-order valence-electron chi connectivity index (χ1n) is 8.75. The molecule has 2 N–H and O–H groups in total. The van der Waals surface area contributed by atoms with E-state index in [1.165, 1.54) is 0 Å². The number of hydrogen-bond donors (Lipinski definition) is 2. The third kappa shape index (κ3) is 6.74. The van der Waals surface area contributed by atoms with Crippen LogP contribution in [0.3, 0.4) is 0 Å². The molecule has 0 atom stereocenters. The van der Waals surface area contributed by atoms with Crippen molar-refractivity contribution in [2.24, 2.45) is 4.99 Å². The molecule has 2 rings (SSSR count). The molecule has 7 nitrogen and oxygen atoms in total. The van der Waals surface area contributed by atoms with Gasteiger partial charge in [0.15, 0.2) is 29.0 Å². The number of anilines is 1. The number of hydrogen-bond acceptors (Lipinski definition) is 5. The fraction of sp³-hybridized carbons (Fsp3) is 0.350. The third-order valence-corrected chi connectivity index (χ3v) is 4.19. The van der Waals surface area contributed by atoms with Crippen molar-refractivity contribution in [2.75, 3.05) is 40.3 Å². The molecule has 0 unspecified atom stereocenters. The van der Waals surface area contributed by atoms with Crippen LogP contribution in [0.15, 0.2) is 35.3 Å². The van der Waals surface area contributed by atoms with E-state index in [9.17, 15) is 0 Å². The van der Waals surface area contributed by atoms with E-state index >= 15 is 0 Å².